The SMILES string of the molecule is O=C(CCC1CCCCN1)Cc1ccncc1Cl. The number of nitrogens with zero attached hydrogens (tertiary/aromatic N) is 1. The van der Waals surface area contributed by atoms with Gasteiger partial charge in [-0.1, -0.05) is 18.0 Å². The minimum atomic E-state index is 0.260. The van der Waals surface area contributed by atoms with E-state index in [0.29, 0.717) is 23.9 Å². The van der Waals surface area contributed by atoms with Crippen molar-refractivity contribution >= 4 is 17.4 Å². The highest BCUT2D eigenvalue weighted by molar-refractivity contribution is 6.31. The minimum absolute atomic E-state index is 0.260. The molecule has 18 heavy (non-hydrogen) atoms. The molecule has 2 rings (SSSR count). The van der Waals surface area contributed by atoms with Gasteiger partial charge in [0, 0.05) is 31.3 Å². The zero-order valence-corrected chi connectivity index (χ0v) is 11.2. The number of ketones is 1. The molecule has 0 bridgehead atoms. The van der Waals surface area contributed by atoms with E-state index in [0.717, 1.165) is 18.5 Å². The average molecular weight is 267 g/mol. The number of halogens is 1. The van der Waals surface area contributed by atoms with E-state index in [2.05, 4.69) is 10.3 Å². The Bertz CT molecular complexity index is 403. The lowest BCUT2D eigenvalue weighted by Crippen LogP contribution is -2.34. The molecule has 1 aliphatic rings. The summed E-state index contributed by atoms with van der Waals surface area (Å²) in [6.45, 7) is 1.09. The van der Waals surface area contributed by atoms with E-state index in [1.54, 1.807) is 12.4 Å². The van der Waals surface area contributed by atoms with Crippen LogP contribution in [0.1, 0.15) is 37.7 Å². The lowest BCUT2D eigenvalue weighted by Gasteiger charge is -2.22. The van der Waals surface area contributed by atoms with Crippen molar-refractivity contribution in [2.24, 2.45) is 0 Å². The summed E-state index contributed by atoms with van der Waals surface area (Å²) in [6, 6.07) is 2.34. The average Bonchev–Trinajstić information content (AvgIpc) is 2.40. The van der Waals surface area contributed by atoms with Crippen LogP contribution < -0.4 is 5.32 Å². The van der Waals surface area contributed by atoms with E-state index in [4.69, 9.17) is 11.6 Å². The number of carbonyl (C=O) groups is 1. The molecule has 1 saturated heterocycles. The first kappa shape index (κ1) is 13.5. The van der Waals surface area contributed by atoms with Crippen LogP contribution >= 0.6 is 11.6 Å². The predicted molar refractivity (Wildman–Crippen MR) is 72.8 cm³/mol. The highest BCUT2D eigenvalue weighted by Gasteiger charge is 2.14. The summed E-state index contributed by atoms with van der Waals surface area (Å²) in [7, 11) is 0. The zero-order chi connectivity index (χ0) is 12.8. The lowest BCUT2D eigenvalue weighted by molar-refractivity contribution is -0.118. The van der Waals surface area contributed by atoms with Crippen LogP contribution in [-0.4, -0.2) is 23.4 Å². The Labute approximate surface area is 113 Å². The van der Waals surface area contributed by atoms with Crippen LogP contribution in [0.3, 0.4) is 0 Å². The molecular formula is C14H19ClN2O. The monoisotopic (exact) mass is 266 g/mol. The van der Waals surface area contributed by atoms with Gasteiger partial charge in [0.05, 0.1) is 5.02 Å². The molecule has 1 aromatic rings. The van der Waals surface area contributed by atoms with Crippen molar-refractivity contribution in [2.45, 2.75) is 44.6 Å². The van der Waals surface area contributed by atoms with Crippen molar-refractivity contribution < 1.29 is 4.79 Å². The number of nitrogens with one attached hydrogen (secondary N) is 1. The number of hydrogen-bond acceptors (Lipinski definition) is 3. The highest BCUT2D eigenvalue weighted by atomic mass is 35.5. The number of carbonyl (C=O) groups excluding carboxylic acids is 1. The van der Waals surface area contributed by atoms with Crippen molar-refractivity contribution in [1.29, 1.82) is 0 Å². The van der Waals surface area contributed by atoms with Gasteiger partial charge < -0.3 is 5.32 Å². The third kappa shape index (κ3) is 4.07. The van der Waals surface area contributed by atoms with Crippen molar-refractivity contribution in [2.75, 3.05) is 6.54 Å². The van der Waals surface area contributed by atoms with Crippen molar-refractivity contribution in [3.05, 3.63) is 29.0 Å². The minimum Gasteiger partial charge on any atom is -0.314 e. The molecule has 0 radical (unpaired) electrons. The fraction of sp³-hybridized carbons (Fsp3) is 0.571. The normalized spacial score (nSPS) is 19.7. The van der Waals surface area contributed by atoms with Gasteiger partial charge in [0.25, 0.3) is 0 Å². The molecule has 0 aliphatic carbocycles. The topological polar surface area (TPSA) is 42.0 Å². The second-order valence-corrected chi connectivity index (χ2v) is 5.28. The molecule has 3 nitrogen and oxygen atoms in total. The maximum Gasteiger partial charge on any atom is 0.137 e. The standard InChI is InChI=1S/C14H19ClN2O/c15-14-10-16-8-6-11(14)9-13(18)5-4-12-3-1-2-7-17-12/h6,8,10,12,17H,1-5,7,9H2. The number of aromatic nitrogens is 1. The van der Waals surface area contributed by atoms with Gasteiger partial charge in [-0.2, -0.15) is 0 Å². The maximum atomic E-state index is 11.9. The zero-order valence-electron chi connectivity index (χ0n) is 10.5. The molecule has 1 atom stereocenters. The van der Waals surface area contributed by atoms with Gasteiger partial charge in [0.1, 0.15) is 5.78 Å². The quantitative estimate of drug-likeness (QED) is 0.891. The molecule has 1 fully saturated rings. The summed E-state index contributed by atoms with van der Waals surface area (Å²) < 4.78 is 0. The molecule has 0 aromatic carbocycles. The van der Waals surface area contributed by atoms with Gasteiger partial charge in [-0.05, 0) is 37.4 Å². The summed E-state index contributed by atoms with van der Waals surface area (Å²) in [6.07, 6.45) is 9.01. The number of piperidine rings is 1. The van der Waals surface area contributed by atoms with Crippen LogP contribution in [0.15, 0.2) is 18.5 Å². The van der Waals surface area contributed by atoms with E-state index >= 15 is 0 Å². The van der Waals surface area contributed by atoms with Gasteiger partial charge in [-0.25, -0.2) is 0 Å². The van der Waals surface area contributed by atoms with Crippen molar-refractivity contribution in [3.63, 3.8) is 0 Å². The Morgan fingerprint density at radius 2 is 2.39 bits per heavy atom. The van der Waals surface area contributed by atoms with Crippen LogP contribution in [0.5, 0.6) is 0 Å². The van der Waals surface area contributed by atoms with Crippen LogP contribution in [-0.2, 0) is 11.2 Å². The number of pyridine rings is 1. The summed E-state index contributed by atoms with van der Waals surface area (Å²) in [4.78, 5) is 15.8. The Kier molecular flexibility index (Phi) is 5.14. The molecule has 98 valence electrons. The van der Waals surface area contributed by atoms with Crippen LogP contribution in [0.2, 0.25) is 5.02 Å². The van der Waals surface area contributed by atoms with Gasteiger partial charge in [-0.15, -0.1) is 0 Å². The molecule has 1 N–H and O–H groups in total. The Morgan fingerprint density at radius 3 is 3.11 bits per heavy atom. The van der Waals surface area contributed by atoms with Crippen LogP contribution in [0, 0.1) is 0 Å². The molecular weight excluding hydrogens is 248 g/mol. The fourth-order valence-electron chi connectivity index (χ4n) is 2.35. The van der Waals surface area contributed by atoms with Crippen LogP contribution in [0.4, 0.5) is 0 Å². The molecule has 0 saturated carbocycles. The first-order valence-electron chi connectivity index (χ1n) is 6.59. The Balaban J connectivity index is 1.76. The van der Waals surface area contributed by atoms with E-state index in [9.17, 15) is 4.79 Å². The van der Waals surface area contributed by atoms with E-state index in [1.807, 2.05) is 6.07 Å². The molecule has 0 spiro atoms. The summed E-state index contributed by atoms with van der Waals surface area (Å²) in [5.74, 6) is 0.260. The summed E-state index contributed by atoms with van der Waals surface area (Å²) in [5.41, 5.74) is 0.883. The summed E-state index contributed by atoms with van der Waals surface area (Å²) >= 11 is 5.99. The van der Waals surface area contributed by atoms with E-state index < -0.39 is 0 Å². The third-order valence-corrected chi connectivity index (χ3v) is 3.77. The largest absolute Gasteiger partial charge is 0.314 e. The smallest absolute Gasteiger partial charge is 0.137 e. The van der Waals surface area contributed by atoms with Gasteiger partial charge in [0.2, 0.25) is 0 Å². The van der Waals surface area contributed by atoms with Gasteiger partial charge in [-0.3, -0.25) is 9.78 Å². The second kappa shape index (κ2) is 6.86. The maximum absolute atomic E-state index is 11.9. The molecule has 1 aromatic heterocycles. The van der Waals surface area contributed by atoms with Gasteiger partial charge >= 0.3 is 0 Å². The van der Waals surface area contributed by atoms with Gasteiger partial charge in [0.15, 0.2) is 0 Å². The predicted octanol–water partition coefficient (Wildman–Crippen LogP) is 2.77. The third-order valence-electron chi connectivity index (χ3n) is 3.43. The molecule has 0 amide bonds. The second-order valence-electron chi connectivity index (χ2n) is 4.87. The van der Waals surface area contributed by atoms with Crippen LogP contribution in [0.25, 0.3) is 0 Å². The fourth-order valence-corrected chi connectivity index (χ4v) is 2.54. The summed E-state index contributed by atoms with van der Waals surface area (Å²) in [5, 5.41) is 4.05. The number of rotatable bonds is 5. The number of hydrogen-bond donors (Lipinski definition) is 1. The lowest BCUT2D eigenvalue weighted by atomic mass is 9.98. The van der Waals surface area contributed by atoms with Crippen molar-refractivity contribution in [3.8, 4) is 0 Å². The number of Topliss-reactive ketones (excluding diaryl/α,β-unsaturated/α-hetero) is 1. The Hall–Kier alpha value is -0.930. The van der Waals surface area contributed by atoms with E-state index in [1.165, 1.54) is 19.3 Å². The molecule has 1 unspecified atom stereocenters. The first-order valence-corrected chi connectivity index (χ1v) is 6.97. The van der Waals surface area contributed by atoms with Crippen molar-refractivity contribution in [1.82, 2.24) is 10.3 Å². The molecule has 2 heterocycles. The Morgan fingerprint density at radius 1 is 1.50 bits per heavy atom. The van der Waals surface area contributed by atoms with E-state index in [-0.39, 0.29) is 5.78 Å². The highest BCUT2D eigenvalue weighted by Crippen LogP contribution is 2.16. The molecule has 1 aliphatic heterocycles. The first-order chi connectivity index (χ1) is 8.75. The molecule has 4 heteroatoms.